The lowest BCUT2D eigenvalue weighted by Gasteiger charge is -2.09. The minimum absolute atomic E-state index is 0.178. The van der Waals surface area contributed by atoms with Gasteiger partial charge in [0.1, 0.15) is 34.3 Å². The Balaban J connectivity index is 0.000000252. The largest absolute Gasteiger partial charge is 0.744 e. The molecule has 15 heteroatoms. The summed E-state index contributed by atoms with van der Waals surface area (Å²) in [5, 5.41) is 10.8. The van der Waals surface area contributed by atoms with Crippen LogP contribution >= 0.6 is 0 Å². The van der Waals surface area contributed by atoms with Crippen LogP contribution in [0.5, 0.6) is 0 Å². The zero-order valence-corrected chi connectivity index (χ0v) is 34.9. The van der Waals surface area contributed by atoms with Gasteiger partial charge in [-0.15, -0.1) is 0 Å². The summed E-state index contributed by atoms with van der Waals surface area (Å²) in [7, 11) is -4.55. The number of fused-ring (bicyclic) bond motifs is 1. The molecule has 0 aliphatic carbocycles. The van der Waals surface area contributed by atoms with E-state index in [1.54, 1.807) is 30.3 Å². The number of nitrogen functional groups attached to an aromatic ring is 1. The maximum absolute atomic E-state index is 12.4. The maximum Gasteiger partial charge on any atom is 0.248 e. The van der Waals surface area contributed by atoms with Crippen molar-refractivity contribution in [3.05, 3.63) is 175 Å². The van der Waals surface area contributed by atoms with Gasteiger partial charge in [-0.05, 0) is 98.3 Å². The molecule has 0 fully saturated rings. The van der Waals surface area contributed by atoms with Crippen LogP contribution < -0.4 is 30.8 Å². The van der Waals surface area contributed by atoms with Crippen molar-refractivity contribution in [1.82, 2.24) is 0 Å². The van der Waals surface area contributed by atoms with Gasteiger partial charge in [-0.25, -0.2) is 26.0 Å². The van der Waals surface area contributed by atoms with Crippen LogP contribution in [0.1, 0.15) is 16.7 Å². The van der Waals surface area contributed by atoms with Crippen LogP contribution in [0.15, 0.2) is 168 Å². The third kappa shape index (κ3) is 13.3. The molecule has 7 rings (SSSR count). The van der Waals surface area contributed by atoms with Gasteiger partial charge in [-0.3, -0.25) is 4.79 Å². The average Bonchev–Trinajstić information content (AvgIpc) is 3.20. The minimum atomic E-state index is -4.27. The first kappa shape index (κ1) is 44.2. The summed E-state index contributed by atoms with van der Waals surface area (Å²) < 4.78 is 66.4. The van der Waals surface area contributed by atoms with Gasteiger partial charge >= 0.3 is 0 Å². The Morgan fingerprint density at radius 3 is 1.62 bits per heavy atom. The van der Waals surface area contributed by atoms with E-state index in [2.05, 4.69) is 20.5 Å². The van der Waals surface area contributed by atoms with Gasteiger partial charge in [-0.1, -0.05) is 47.5 Å². The molecule has 60 heavy (non-hydrogen) atoms. The number of amides is 1. The van der Waals surface area contributed by atoms with Crippen LogP contribution in [-0.2, 0) is 39.1 Å². The Morgan fingerprint density at radius 1 is 0.600 bits per heavy atom. The number of rotatable bonds is 9. The first-order chi connectivity index (χ1) is 28.4. The number of benzene rings is 5. The van der Waals surface area contributed by atoms with Crippen LogP contribution in [0.4, 0.5) is 34.1 Å². The molecule has 0 saturated heterocycles. The normalized spacial score (nSPS) is 11.2. The number of aryl methyl sites for hydroxylation is 4. The molecule has 5 aromatic carbocycles. The molecular formula is C45H44N6O7S2. The third-order valence-corrected chi connectivity index (χ3v) is 10.5. The Bertz CT molecular complexity index is 2740. The Labute approximate surface area is 350 Å². The topological polar surface area (TPSA) is 201 Å². The van der Waals surface area contributed by atoms with E-state index >= 15 is 0 Å². The fourth-order valence-electron chi connectivity index (χ4n) is 5.53. The van der Waals surface area contributed by atoms with Crippen molar-refractivity contribution >= 4 is 77.2 Å². The van der Waals surface area contributed by atoms with Crippen LogP contribution in [-0.4, -0.2) is 31.8 Å². The van der Waals surface area contributed by atoms with E-state index < -0.39 is 20.2 Å². The van der Waals surface area contributed by atoms with E-state index in [9.17, 15) is 30.7 Å². The number of pyridine rings is 2. The number of aromatic nitrogens is 2. The number of nitrogens with zero attached hydrogens (tertiary/aromatic N) is 2. The molecule has 0 saturated carbocycles. The van der Waals surface area contributed by atoms with E-state index in [1.165, 1.54) is 30.3 Å². The number of hydrogen-bond acceptors (Lipinski definition) is 10. The first-order valence-electron chi connectivity index (χ1n) is 18.3. The average molecular weight is 845 g/mol. The fourth-order valence-corrected chi connectivity index (χ4v) is 6.47. The molecule has 0 aliphatic rings. The monoisotopic (exact) mass is 844 g/mol. The van der Waals surface area contributed by atoms with Gasteiger partial charge in [0.15, 0.2) is 18.6 Å². The van der Waals surface area contributed by atoms with Crippen molar-refractivity contribution in [2.24, 2.45) is 14.1 Å². The molecular weight excluding hydrogens is 801 g/mol. The number of anilines is 6. The SMILES string of the molecule is C[n+]1ccc(Nc2ccc(NC(=O)/C=C/c3ccc(Nc4cc[n+](C)c5ccc(N)cc45)cc3)cc2)cc1.Cc1ccc(S(=O)(=O)[O-])cc1.Cc1ccc(S(=O)(=O)[O-])cc1. The lowest BCUT2D eigenvalue weighted by atomic mass is 10.1. The summed E-state index contributed by atoms with van der Waals surface area (Å²) in [6.07, 6.45) is 9.31. The highest BCUT2D eigenvalue weighted by molar-refractivity contribution is 7.86. The van der Waals surface area contributed by atoms with Crippen LogP contribution in [0.25, 0.3) is 17.0 Å². The van der Waals surface area contributed by atoms with E-state index in [1.807, 2.05) is 136 Å². The van der Waals surface area contributed by atoms with Gasteiger partial charge in [0, 0.05) is 53.1 Å². The zero-order chi connectivity index (χ0) is 43.5. The van der Waals surface area contributed by atoms with Crippen molar-refractivity contribution < 1.29 is 39.9 Å². The molecule has 0 aliphatic heterocycles. The number of nitrogens with two attached hydrogens (primary N) is 1. The van der Waals surface area contributed by atoms with Gasteiger partial charge in [0.2, 0.25) is 11.4 Å². The second-order valence-corrected chi connectivity index (χ2v) is 16.4. The van der Waals surface area contributed by atoms with Gasteiger partial charge in [0.05, 0.1) is 26.6 Å². The molecule has 0 radical (unpaired) electrons. The van der Waals surface area contributed by atoms with Gasteiger partial charge in [0.25, 0.3) is 0 Å². The Hall–Kier alpha value is -6.91. The Morgan fingerprint density at radius 2 is 1.08 bits per heavy atom. The standard InChI is InChI=1S/C31H28N6O.2C7H8O3S/c1-36-18-15-27(16-19-36)33-24-9-11-26(12-10-24)35-31(38)14-5-22-3-7-25(8-4-22)34-29-17-20-37(2)30-13-6-23(32)21-28(29)30;2*1-6-2-4-7(5-3-6)11(8,9)10/h3-21H,32H2,1-2H3,(H,35,38);2*2-5H,1H3,(H,8,9,10)/b14-5+;;. The molecule has 13 nitrogen and oxygen atoms in total. The van der Waals surface area contributed by atoms with E-state index in [0.717, 1.165) is 61.7 Å². The Kier molecular flexibility index (Phi) is 14.5. The number of carbonyl (C=O) groups is 1. The van der Waals surface area contributed by atoms with E-state index in [4.69, 9.17) is 5.73 Å². The highest BCUT2D eigenvalue weighted by Gasteiger charge is 2.10. The summed E-state index contributed by atoms with van der Waals surface area (Å²) in [5.41, 5.74) is 15.2. The molecule has 0 bridgehead atoms. The molecule has 0 spiro atoms. The second-order valence-electron chi connectivity index (χ2n) is 13.7. The minimum Gasteiger partial charge on any atom is -0.744 e. The fraction of sp³-hybridized carbons (Fsp3) is 0.0889. The molecule has 5 N–H and O–H groups in total. The van der Waals surface area contributed by atoms with E-state index in [-0.39, 0.29) is 15.7 Å². The number of carbonyl (C=O) groups excluding carboxylic acids is 1. The lowest BCUT2D eigenvalue weighted by molar-refractivity contribution is -0.671. The lowest BCUT2D eigenvalue weighted by Crippen LogP contribution is -2.28. The van der Waals surface area contributed by atoms with Crippen molar-refractivity contribution in [3.63, 3.8) is 0 Å². The van der Waals surface area contributed by atoms with Crippen molar-refractivity contribution in [2.75, 3.05) is 21.7 Å². The number of hydrogen-bond donors (Lipinski definition) is 4. The van der Waals surface area contributed by atoms with Crippen LogP contribution in [0.2, 0.25) is 0 Å². The second kappa shape index (κ2) is 19.7. The van der Waals surface area contributed by atoms with Gasteiger partial charge < -0.3 is 30.8 Å². The molecule has 0 unspecified atom stereocenters. The molecule has 0 atom stereocenters. The zero-order valence-electron chi connectivity index (χ0n) is 33.2. The third-order valence-electron chi connectivity index (χ3n) is 8.81. The summed E-state index contributed by atoms with van der Waals surface area (Å²) >= 11 is 0. The number of nitrogens with one attached hydrogen (secondary N) is 3. The molecule has 2 heterocycles. The highest BCUT2D eigenvalue weighted by Crippen LogP contribution is 2.26. The summed E-state index contributed by atoms with van der Waals surface area (Å²) in [6.45, 7) is 3.64. The van der Waals surface area contributed by atoms with Gasteiger partial charge in [-0.2, -0.15) is 0 Å². The van der Waals surface area contributed by atoms with E-state index in [0.29, 0.717) is 0 Å². The van der Waals surface area contributed by atoms with Crippen LogP contribution in [0.3, 0.4) is 0 Å². The summed E-state index contributed by atoms with van der Waals surface area (Å²) in [4.78, 5) is 12.1. The molecule has 7 aromatic rings. The summed E-state index contributed by atoms with van der Waals surface area (Å²) in [5.74, 6) is -0.190. The molecule has 308 valence electrons. The summed E-state index contributed by atoms with van der Waals surface area (Å²) in [6, 6.07) is 39.0. The quantitative estimate of drug-likeness (QED) is 0.0507. The predicted molar refractivity (Wildman–Crippen MR) is 233 cm³/mol. The van der Waals surface area contributed by atoms with Crippen molar-refractivity contribution in [3.8, 4) is 0 Å². The molecule has 2 aromatic heterocycles. The van der Waals surface area contributed by atoms with Crippen molar-refractivity contribution in [2.45, 2.75) is 23.6 Å². The highest BCUT2D eigenvalue weighted by atomic mass is 32.2. The predicted octanol–water partition coefficient (Wildman–Crippen LogP) is 7.01. The van der Waals surface area contributed by atoms with Crippen molar-refractivity contribution in [1.29, 1.82) is 0 Å². The maximum atomic E-state index is 12.4. The smallest absolute Gasteiger partial charge is 0.248 e. The molecule has 1 amide bonds. The first-order valence-corrected chi connectivity index (χ1v) is 21.2. The van der Waals surface area contributed by atoms with Crippen LogP contribution in [0, 0.1) is 13.8 Å².